The SMILES string of the molecule is CC(C)(C)OC(=O)C(C)(C)c1ccc(CCCC(NC(=O)OCc2ccccc2)C(=O)O)cc1. The van der Waals surface area contributed by atoms with E-state index in [1.165, 1.54) is 0 Å². The lowest BCUT2D eigenvalue weighted by Gasteiger charge is -2.29. The molecule has 0 bridgehead atoms. The predicted molar refractivity (Wildman–Crippen MR) is 129 cm³/mol. The maximum absolute atomic E-state index is 12.6. The molecule has 0 aliphatic carbocycles. The highest BCUT2D eigenvalue weighted by molar-refractivity contribution is 5.82. The van der Waals surface area contributed by atoms with Gasteiger partial charge in [0.25, 0.3) is 0 Å². The predicted octanol–water partition coefficient (Wildman–Crippen LogP) is 5.01. The first kappa shape index (κ1) is 26.9. The summed E-state index contributed by atoms with van der Waals surface area (Å²) in [6, 6.07) is 15.8. The van der Waals surface area contributed by atoms with Crippen LogP contribution in [0.1, 0.15) is 64.2 Å². The number of aryl methyl sites for hydroxylation is 1. The number of aliphatic carboxylic acids is 1. The third kappa shape index (κ3) is 8.54. The van der Waals surface area contributed by atoms with Crippen molar-refractivity contribution in [3.8, 4) is 0 Å². The van der Waals surface area contributed by atoms with Crippen LogP contribution in [0, 0.1) is 0 Å². The van der Waals surface area contributed by atoms with Gasteiger partial charge in [0.1, 0.15) is 18.2 Å². The Balaban J connectivity index is 1.86. The Labute approximate surface area is 201 Å². The molecule has 0 aromatic heterocycles. The number of nitrogens with one attached hydrogen (secondary N) is 1. The van der Waals surface area contributed by atoms with Gasteiger partial charge in [0, 0.05) is 0 Å². The highest BCUT2D eigenvalue weighted by Crippen LogP contribution is 2.27. The molecule has 0 heterocycles. The Hall–Kier alpha value is -3.35. The first-order valence-electron chi connectivity index (χ1n) is 11.4. The standard InChI is InChI=1S/C27H35NO6/c1-26(2,3)34-24(31)27(4,5)21-16-14-19(15-17-21)12-9-13-22(23(29)30)28-25(32)33-18-20-10-7-6-8-11-20/h6-8,10-11,14-17,22H,9,12-13,18H2,1-5H3,(H,28,32)(H,29,30). The maximum atomic E-state index is 12.6. The number of carboxylic acid groups (broad SMARTS) is 1. The smallest absolute Gasteiger partial charge is 0.408 e. The molecular weight excluding hydrogens is 434 g/mol. The van der Waals surface area contributed by atoms with Crippen LogP contribution >= 0.6 is 0 Å². The molecule has 0 aliphatic rings. The monoisotopic (exact) mass is 469 g/mol. The van der Waals surface area contributed by atoms with Gasteiger partial charge in [-0.1, -0.05) is 54.6 Å². The molecule has 1 amide bonds. The van der Waals surface area contributed by atoms with E-state index in [4.69, 9.17) is 9.47 Å². The molecular formula is C27H35NO6. The van der Waals surface area contributed by atoms with Gasteiger partial charge in [0.15, 0.2) is 0 Å². The van der Waals surface area contributed by atoms with Crippen LogP contribution in [0.4, 0.5) is 4.79 Å². The lowest BCUT2D eigenvalue weighted by Crippen LogP contribution is -2.41. The van der Waals surface area contributed by atoms with Crippen LogP contribution in [0.5, 0.6) is 0 Å². The lowest BCUT2D eigenvalue weighted by molar-refractivity contribution is -0.160. The van der Waals surface area contributed by atoms with E-state index in [9.17, 15) is 19.5 Å². The van der Waals surface area contributed by atoms with Gasteiger partial charge < -0.3 is 19.9 Å². The van der Waals surface area contributed by atoms with Crippen LogP contribution in [-0.4, -0.2) is 34.8 Å². The quantitative estimate of drug-likeness (QED) is 0.475. The summed E-state index contributed by atoms with van der Waals surface area (Å²) >= 11 is 0. The second kappa shape index (κ2) is 11.7. The number of carbonyl (C=O) groups excluding carboxylic acids is 2. The number of benzene rings is 2. The van der Waals surface area contributed by atoms with Crippen LogP contribution in [0.15, 0.2) is 54.6 Å². The molecule has 34 heavy (non-hydrogen) atoms. The topological polar surface area (TPSA) is 102 Å². The van der Waals surface area contributed by atoms with Gasteiger partial charge >= 0.3 is 18.0 Å². The van der Waals surface area contributed by atoms with E-state index >= 15 is 0 Å². The Kier molecular flexibility index (Phi) is 9.24. The van der Waals surface area contributed by atoms with Gasteiger partial charge in [0.05, 0.1) is 5.41 Å². The van der Waals surface area contributed by atoms with Gasteiger partial charge in [-0.25, -0.2) is 9.59 Å². The lowest BCUT2D eigenvalue weighted by atomic mass is 9.84. The summed E-state index contributed by atoms with van der Waals surface area (Å²) in [5.41, 5.74) is 1.33. The molecule has 0 fully saturated rings. The van der Waals surface area contributed by atoms with Gasteiger partial charge in [-0.05, 0) is 70.6 Å². The molecule has 2 aromatic rings. The number of carboxylic acids is 1. The summed E-state index contributed by atoms with van der Waals surface area (Å²) in [6.07, 6.45) is 0.702. The molecule has 1 unspecified atom stereocenters. The molecule has 0 spiro atoms. The van der Waals surface area contributed by atoms with E-state index in [1.54, 1.807) is 0 Å². The van der Waals surface area contributed by atoms with Crippen molar-refractivity contribution in [1.29, 1.82) is 0 Å². The molecule has 0 saturated carbocycles. The van der Waals surface area contributed by atoms with Crippen LogP contribution in [0.25, 0.3) is 0 Å². The fourth-order valence-electron chi connectivity index (χ4n) is 3.29. The zero-order valence-electron chi connectivity index (χ0n) is 20.6. The van der Waals surface area contributed by atoms with E-state index in [0.29, 0.717) is 12.8 Å². The molecule has 2 rings (SSSR count). The molecule has 0 radical (unpaired) electrons. The normalized spacial score (nSPS) is 12.5. The van der Waals surface area contributed by atoms with E-state index < -0.39 is 29.1 Å². The van der Waals surface area contributed by atoms with Crippen molar-refractivity contribution in [1.82, 2.24) is 5.32 Å². The number of hydrogen-bond donors (Lipinski definition) is 2. The maximum Gasteiger partial charge on any atom is 0.408 e. The molecule has 7 nitrogen and oxygen atoms in total. The summed E-state index contributed by atoms with van der Waals surface area (Å²) in [7, 11) is 0. The minimum Gasteiger partial charge on any atom is -0.480 e. The molecule has 2 aromatic carbocycles. The van der Waals surface area contributed by atoms with Crippen LogP contribution in [0.3, 0.4) is 0 Å². The van der Waals surface area contributed by atoms with Crippen molar-refractivity contribution in [3.63, 3.8) is 0 Å². The largest absolute Gasteiger partial charge is 0.480 e. The van der Waals surface area contributed by atoms with Crippen molar-refractivity contribution in [2.45, 2.75) is 77.5 Å². The summed E-state index contributed by atoms with van der Waals surface area (Å²) in [5, 5.41) is 11.9. The number of amides is 1. The van der Waals surface area contributed by atoms with Crippen molar-refractivity contribution in [2.24, 2.45) is 0 Å². The molecule has 0 saturated heterocycles. The average Bonchev–Trinajstić information content (AvgIpc) is 2.77. The Morgan fingerprint density at radius 3 is 2.09 bits per heavy atom. The third-order valence-corrected chi connectivity index (χ3v) is 5.35. The fraction of sp³-hybridized carbons (Fsp3) is 0.444. The first-order chi connectivity index (χ1) is 15.9. The number of carbonyl (C=O) groups is 3. The van der Waals surface area contributed by atoms with Crippen molar-refractivity contribution >= 4 is 18.0 Å². The Bertz CT molecular complexity index is 961. The van der Waals surface area contributed by atoms with Gasteiger partial charge in [-0.3, -0.25) is 4.79 Å². The minimum atomic E-state index is -1.11. The molecule has 184 valence electrons. The third-order valence-electron chi connectivity index (χ3n) is 5.35. The van der Waals surface area contributed by atoms with Gasteiger partial charge in [-0.15, -0.1) is 0 Å². The molecule has 0 aliphatic heterocycles. The van der Waals surface area contributed by atoms with Crippen molar-refractivity contribution in [2.75, 3.05) is 0 Å². The average molecular weight is 470 g/mol. The van der Waals surface area contributed by atoms with E-state index in [-0.39, 0.29) is 19.0 Å². The van der Waals surface area contributed by atoms with E-state index in [2.05, 4.69) is 5.32 Å². The van der Waals surface area contributed by atoms with Crippen molar-refractivity contribution in [3.05, 3.63) is 71.3 Å². The van der Waals surface area contributed by atoms with Crippen LogP contribution in [0.2, 0.25) is 0 Å². The Morgan fingerprint density at radius 2 is 1.53 bits per heavy atom. The molecule has 1 atom stereocenters. The fourth-order valence-corrected chi connectivity index (χ4v) is 3.29. The highest BCUT2D eigenvalue weighted by Gasteiger charge is 2.34. The summed E-state index contributed by atoms with van der Waals surface area (Å²) < 4.78 is 10.7. The zero-order chi connectivity index (χ0) is 25.4. The van der Waals surface area contributed by atoms with Crippen molar-refractivity contribution < 1.29 is 29.0 Å². The second-order valence-electron chi connectivity index (χ2n) is 9.81. The first-order valence-corrected chi connectivity index (χ1v) is 11.4. The molecule has 7 heteroatoms. The van der Waals surface area contributed by atoms with Gasteiger partial charge in [0.2, 0.25) is 0 Å². The highest BCUT2D eigenvalue weighted by atomic mass is 16.6. The minimum absolute atomic E-state index is 0.0744. The Morgan fingerprint density at radius 1 is 0.912 bits per heavy atom. The second-order valence-corrected chi connectivity index (χ2v) is 9.81. The number of hydrogen-bond acceptors (Lipinski definition) is 5. The number of alkyl carbamates (subject to hydrolysis) is 1. The van der Waals surface area contributed by atoms with E-state index in [0.717, 1.165) is 16.7 Å². The van der Waals surface area contributed by atoms with Gasteiger partial charge in [-0.2, -0.15) is 0 Å². The molecule has 2 N–H and O–H groups in total. The van der Waals surface area contributed by atoms with Crippen LogP contribution < -0.4 is 5.32 Å². The number of esters is 1. The number of ether oxygens (including phenoxy) is 2. The zero-order valence-corrected chi connectivity index (χ0v) is 20.6. The summed E-state index contributed by atoms with van der Waals surface area (Å²) in [5.74, 6) is -1.40. The summed E-state index contributed by atoms with van der Waals surface area (Å²) in [6.45, 7) is 9.25. The number of rotatable bonds is 10. The van der Waals surface area contributed by atoms with E-state index in [1.807, 2.05) is 89.2 Å². The van der Waals surface area contributed by atoms with Crippen LogP contribution in [-0.2, 0) is 37.5 Å². The summed E-state index contributed by atoms with van der Waals surface area (Å²) in [4.78, 5) is 36.1.